The number of halogens is 2. The normalized spacial score (nSPS) is 11.8. The predicted molar refractivity (Wildman–Crippen MR) is 63.0 cm³/mol. The Hall–Kier alpha value is -1.37. The third-order valence-electron chi connectivity index (χ3n) is 1.94. The van der Waals surface area contributed by atoms with Gasteiger partial charge < -0.3 is 5.73 Å². The lowest BCUT2D eigenvalue weighted by atomic mass is 10.2. The van der Waals surface area contributed by atoms with E-state index in [-0.39, 0.29) is 17.4 Å². The quantitative estimate of drug-likeness (QED) is 0.816. The summed E-state index contributed by atoms with van der Waals surface area (Å²) in [5, 5.41) is 0. The minimum atomic E-state index is -3.65. The van der Waals surface area contributed by atoms with Crippen LogP contribution in [0.2, 0.25) is 0 Å². The van der Waals surface area contributed by atoms with E-state index in [4.69, 9.17) is 5.73 Å². The summed E-state index contributed by atoms with van der Waals surface area (Å²) in [5.41, 5.74) is 4.08. The molecular formula is C10H14F2N2O2S. The first-order valence-corrected chi connectivity index (χ1v) is 6.62. The van der Waals surface area contributed by atoms with E-state index in [1.54, 1.807) is 13.8 Å². The summed E-state index contributed by atoms with van der Waals surface area (Å²) in [6.45, 7) is 3.43. The lowest BCUT2D eigenvalue weighted by Gasteiger charge is -2.11. The summed E-state index contributed by atoms with van der Waals surface area (Å²) in [6.07, 6.45) is 0. The second-order valence-electron chi connectivity index (χ2n) is 4.10. The Bertz CT molecular complexity index is 515. The highest BCUT2D eigenvalue weighted by molar-refractivity contribution is 7.92. The number of anilines is 2. The van der Waals surface area contributed by atoms with Gasteiger partial charge in [-0.1, -0.05) is 13.8 Å². The third kappa shape index (κ3) is 3.55. The van der Waals surface area contributed by atoms with Gasteiger partial charge in [0.05, 0.1) is 11.4 Å². The van der Waals surface area contributed by atoms with Crippen LogP contribution in [0, 0.1) is 17.6 Å². The van der Waals surface area contributed by atoms with E-state index >= 15 is 0 Å². The minimum Gasteiger partial charge on any atom is -0.394 e. The average Bonchev–Trinajstić information content (AvgIpc) is 2.17. The summed E-state index contributed by atoms with van der Waals surface area (Å²) in [7, 11) is -3.65. The van der Waals surface area contributed by atoms with Gasteiger partial charge in [-0.05, 0) is 18.1 Å². The second kappa shape index (κ2) is 4.87. The largest absolute Gasteiger partial charge is 0.394 e. The van der Waals surface area contributed by atoms with Crippen LogP contribution in [-0.4, -0.2) is 14.2 Å². The second-order valence-corrected chi connectivity index (χ2v) is 5.87. The summed E-state index contributed by atoms with van der Waals surface area (Å²) in [4.78, 5) is 0. The number of hydrogen-bond donors (Lipinski definition) is 2. The molecule has 0 aliphatic carbocycles. The van der Waals surface area contributed by atoms with Gasteiger partial charge in [0, 0.05) is 0 Å². The van der Waals surface area contributed by atoms with Crippen LogP contribution in [0.1, 0.15) is 13.8 Å². The molecule has 0 aromatic heterocycles. The van der Waals surface area contributed by atoms with Gasteiger partial charge in [0.2, 0.25) is 10.0 Å². The molecule has 0 amide bonds. The molecule has 0 atom stereocenters. The van der Waals surface area contributed by atoms with Crippen molar-refractivity contribution in [3.63, 3.8) is 0 Å². The van der Waals surface area contributed by atoms with Gasteiger partial charge in [0.25, 0.3) is 0 Å². The number of nitrogen functional groups attached to an aromatic ring is 1. The van der Waals surface area contributed by atoms with Crippen LogP contribution >= 0.6 is 0 Å². The lowest BCUT2D eigenvalue weighted by Crippen LogP contribution is -2.21. The van der Waals surface area contributed by atoms with E-state index in [2.05, 4.69) is 0 Å². The van der Waals surface area contributed by atoms with Crippen molar-refractivity contribution < 1.29 is 17.2 Å². The molecule has 1 aromatic rings. The molecule has 1 aromatic carbocycles. The van der Waals surface area contributed by atoms with Crippen molar-refractivity contribution in [3.8, 4) is 0 Å². The fourth-order valence-corrected chi connectivity index (χ4v) is 2.75. The first kappa shape index (κ1) is 13.7. The summed E-state index contributed by atoms with van der Waals surface area (Å²) in [6, 6.07) is 1.91. The molecule has 0 spiro atoms. The summed E-state index contributed by atoms with van der Waals surface area (Å²) >= 11 is 0. The molecule has 0 fully saturated rings. The Labute approximate surface area is 98.9 Å². The van der Waals surface area contributed by atoms with Gasteiger partial charge in [-0.15, -0.1) is 0 Å². The van der Waals surface area contributed by atoms with Crippen molar-refractivity contribution >= 4 is 21.4 Å². The molecule has 7 heteroatoms. The average molecular weight is 264 g/mol. The fraction of sp³-hybridized carbons (Fsp3) is 0.400. The van der Waals surface area contributed by atoms with Crippen molar-refractivity contribution in [2.75, 3.05) is 16.2 Å². The molecule has 96 valence electrons. The highest BCUT2D eigenvalue weighted by Crippen LogP contribution is 2.24. The van der Waals surface area contributed by atoms with E-state index in [1.165, 1.54) is 0 Å². The van der Waals surface area contributed by atoms with Crippen LogP contribution in [0.15, 0.2) is 12.1 Å². The van der Waals surface area contributed by atoms with Crippen LogP contribution in [0.25, 0.3) is 0 Å². The number of nitrogens with one attached hydrogen (secondary N) is 1. The molecule has 17 heavy (non-hydrogen) atoms. The van der Waals surface area contributed by atoms with Gasteiger partial charge in [0.15, 0.2) is 5.82 Å². The Morgan fingerprint density at radius 3 is 2.47 bits per heavy atom. The molecule has 0 saturated carbocycles. The lowest BCUT2D eigenvalue weighted by molar-refractivity contribution is 0.582. The van der Waals surface area contributed by atoms with E-state index < -0.39 is 27.3 Å². The molecule has 0 bridgehead atoms. The first-order chi connectivity index (χ1) is 7.73. The third-order valence-corrected chi connectivity index (χ3v) is 3.58. The van der Waals surface area contributed by atoms with Gasteiger partial charge in [-0.25, -0.2) is 17.2 Å². The van der Waals surface area contributed by atoms with E-state index in [0.29, 0.717) is 0 Å². The van der Waals surface area contributed by atoms with Crippen LogP contribution in [-0.2, 0) is 10.0 Å². The molecule has 0 aliphatic rings. The Balaban J connectivity index is 3.01. The molecule has 0 saturated heterocycles. The number of benzene rings is 1. The van der Waals surface area contributed by atoms with E-state index in [9.17, 15) is 17.2 Å². The zero-order chi connectivity index (χ0) is 13.2. The molecule has 0 unspecified atom stereocenters. The van der Waals surface area contributed by atoms with E-state index in [1.807, 2.05) is 4.72 Å². The summed E-state index contributed by atoms with van der Waals surface area (Å²) < 4.78 is 51.4. The van der Waals surface area contributed by atoms with Crippen molar-refractivity contribution in [3.05, 3.63) is 23.8 Å². The maximum absolute atomic E-state index is 13.4. The number of sulfonamides is 1. The number of hydrogen-bond acceptors (Lipinski definition) is 3. The van der Waals surface area contributed by atoms with Crippen molar-refractivity contribution in [1.29, 1.82) is 0 Å². The molecule has 0 heterocycles. The molecule has 4 nitrogen and oxygen atoms in total. The monoisotopic (exact) mass is 264 g/mol. The SMILES string of the molecule is CC(C)CS(=O)(=O)Nc1ccc(F)c(N)c1F. The fourth-order valence-electron chi connectivity index (χ4n) is 1.30. The summed E-state index contributed by atoms with van der Waals surface area (Å²) in [5.74, 6) is -2.27. The van der Waals surface area contributed by atoms with Gasteiger partial charge in [-0.3, -0.25) is 4.72 Å². The molecule has 0 aliphatic heterocycles. The molecule has 1 rings (SSSR count). The number of rotatable bonds is 4. The minimum absolute atomic E-state index is 0.103. The van der Waals surface area contributed by atoms with Crippen LogP contribution in [0.3, 0.4) is 0 Å². The highest BCUT2D eigenvalue weighted by atomic mass is 32.2. The smallest absolute Gasteiger partial charge is 0.233 e. The first-order valence-electron chi connectivity index (χ1n) is 4.97. The topological polar surface area (TPSA) is 72.2 Å². The Morgan fingerprint density at radius 2 is 1.94 bits per heavy atom. The Morgan fingerprint density at radius 1 is 1.35 bits per heavy atom. The Kier molecular flexibility index (Phi) is 3.92. The maximum Gasteiger partial charge on any atom is 0.233 e. The van der Waals surface area contributed by atoms with Crippen LogP contribution < -0.4 is 10.5 Å². The van der Waals surface area contributed by atoms with Crippen LogP contribution in [0.5, 0.6) is 0 Å². The zero-order valence-electron chi connectivity index (χ0n) is 9.50. The van der Waals surface area contributed by atoms with Crippen LogP contribution in [0.4, 0.5) is 20.2 Å². The maximum atomic E-state index is 13.4. The molecule has 0 radical (unpaired) electrons. The predicted octanol–water partition coefficient (Wildman–Crippen LogP) is 1.94. The van der Waals surface area contributed by atoms with E-state index in [0.717, 1.165) is 12.1 Å². The molecule has 3 N–H and O–H groups in total. The van der Waals surface area contributed by atoms with Crippen molar-refractivity contribution in [2.24, 2.45) is 5.92 Å². The van der Waals surface area contributed by atoms with Gasteiger partial charge in [-0.2, -0.15) is 0 Å². The highest BCUT2D eigenvalue weighted by Gasteiger charge is 2.17. The van der Waals surface area contributed by atoms with Crippen molar-refractivity contribution in [1.82, 2.24) is 0 Å². The zero-order valence-corrected chi connectivity index (χ0v) is 10.3. The van der Waals surface area contributed by atoms with Gasteiger partial charge >= 0.3 is 0 Å². The van der Waals surface area contributed by atoms with Gasteiger partial charge in [0.1, 0.15) is 11.5 Å². The standard InChI is InChI=1S/C10H14F2N2O2S/c1-6(2)5-17(15,16)14-8-4-3-7(11)10(13)9(8)12/h3-4,6,14H,5,13H2,1-2H3. The number of nitrogens with two attached hydrogens (primary N) is 1. The molecular weight excluding hydrogens is 250 g/mol. The van der Waals surface area contributed by atoms with Crippen molar-refractivity contribution in [2.45, 2.75) is 13.8 Å².